The number of hydrogen-bond acceptors (Lipinski definition) is 3. The molecule has 0 spiro atoms. The van der Waals surface area contributed by atoms with Crippen molar-refractivity contribution in [3.05, 3.63) is 17.3 Å². The Hall–Kier alpha value is -0.700. The Morgan fingerprint density at radius 1 is 1.25 bits per heavy atom. The molecule has 1 heterocycles. The van der Waals surface area contributed by atoms with E-state index in [1.165, 1.54) is 32.1 Å². The van der Waals surface area contributed by atoms with Gasteiger partial charge in [-0.15, -0.1) is 11.8 Å². The molecular weight excluding hydrogens is 216 g/mol. The maximum atomic E-state index is 5.91. The normalized spacial score (nSPS) is 17.6. The first-order chi connectivity index (χ1) is 7.66. The third kappa shape index (κ3) is 2.70. The molecule has 1 saturated carbocycles. The standard InChI is InChI=1S/C13H20N2S/c1-9-8-12(15-10(2)13(9)14)16-11-6-4-3-5-7-11/h8,11H,3-7,14H2,1-2H3. The molecule has 2 N–H and O–H groups in total. The van der Waals surface area contributed by atoms with Crippen molar-refractivity contribution >= 4 is 17.4 Å². The summed E-state index contributed by atoms with van der Waals surface area (Å²) in [6.07, 6.45) is 6.85. The minimum Gasteiger partial charge on any atom is -0.397 e. The lowest BCUT2D eigenvalue weighted by Gasteiger charge is -2.21. The topological polar surface area (TPSA) is 38.9 Å². The third-order valence-corrected chi connectivity index (χ3v) is 4.53. The lowest BCUT2D eigenvalue weighted by atomic mass is 10.0. The van der Waals surface area contributed by atoms with Gasteiger partial charge in [0.15, 0.2) is 0 Å². The zero-order valence-electron chi connectivity index (χ0n) is 10.1. The second-order valence-corrected chi connectivity index (χ2v) is 5.97. The van der Waals surface area contributed by atoms with Gasteiger partial charge in [0, 0.05) is 5.25 Å². The number of aryl methyl sites for hydroxylation is 2. The molecule has 0 bridgehead atoms. The van der Waals surface area contributed by atoms with Crippen molar-refractivity contribution in [1.29, 1.82) is 0 Å². The van der Waals surface area contributed by atoms with Crippen molar-refractivity contribution in [2.24, 2.45) is 0 Å². The summed E-state index contributed by atoms with van der Waals surface area (Å²) in [4.78, 5) is 4.57. The first kappa shape index (κ1) is 11.8. The van der Waals surface area contributed by atoms with Crippen LogP contribution in [0.4, 0.5) is 5.69 Å². The van der Waals surface area contributed by atoms with Gasteiger partial charge < -0.3 is 5.73 Å². The Kier molecular flexibility index (Phi) is 3.74. The molecule has 1 aliphatic rings. The molecule has 1 aromatic heterocycles. The second kappa shape index (κ2) is 5.09. The fourth-order valence-electron chi connectivity index (χ4n) is 2.22. The van der Waals surface area contributed by atoms with E-state index in [4.69, 9.17) is 5.73 Å². The van der Waals surface area contributed by atoms with Gasteiger partial charge in [-0.2, -0.15) is 0 Å². The summed E-state index contributed by atoms with van der Waals surface area (Å²) in [6, 6.07) is 2.13. The first-order valence-electron chi connectivity index (χ1n) is 6.07. The van der Waals surface area contributed by atoms with Crippen molar-refractivity contribution in [2.45, 2.75) is 56.2 Å². The molecule has 0 aromatic carbocycles. The van der Waals surface area contributed by atoms with E-state index in [1.54, 1.807) is 0 Å². The van der Waals surface area contributed by atoms with Crippen LogP contribution in [0.15, 0.2) is 11.1 Å². The van der Waals surface area contributed by atoms with Gasteiger partial charge in [-0.3, -0.25) is 0 Å². The Bertz CT molecular complexity index is 347. The minimum absolute atomic E-state index is 0.767. The molecule has 3 heteroatoms. The number of thioether (sulfide) groups is 1. The van der Waals surface area contributed by atoms with E-state index >= 15 is 0 Å². The van der Waals surface area contributed by atoms with Crippen molar-refractivity contribution in [3.8, 4) is 0 Å². The Labute approximate surface area is 102 Å². The number of nitrogens with two attached hydrogens (primary N) is 1. The van der Waals surface area contributed by atoms with Gasteiger partial charge in [-0.1, -0.05) is 19.3 Å². The predicted octanol–water partition coefficient (Wildman–Crippen LogP) is 3.71. The highest BCUT2D eigenvalue weighted by molar-refractivity contribution is 7.99. The van der Waals surface area contributed by atoms with E-state index in [-0.39, 0.29) is 0 Å². The molecule has 0 aliphatic heterocycles. The number of hydrogen-bond donors (Lipinski definition) is 1. The average Bonchev–Trinajstić information content (AvgIpc) is 2.27. The van der Waals surface area contributed by atoms with Crippen molar-refractivity contribution < 1.29 is 0 Å². The summed E-state index contributed by atoms with van der Waals surface area (Å²) in [6.45, 7) is 4.06. The monoisotopic (exact) mass is 236 g/mol. The van der Waals surface area contributed by atoms with Gasteiger partial charge in [0.1, 0.15) is 0 Å². The highest BCUT2D eigenvalue weighted by Gasteiger charge is 2.16. The summed E-state index contributed by atoms with van der Waals surface area (Å²) >= 11 is 1.93. The summed E-state index contributed by atoms with van der Waals surface area (Å²) < 4.78 is 0. The van der Waals surface area contributed by atoms with Crippen LogP contribution in [0.25, 0.3) is 0 Å². The van der Waals surface area contributed by atoms with Gasteiger partial charge >= 0.3 is 0 Å². The zero-order chi connectivity index (χ0) is 11.5. The Morgan fingerprint density at radius 3 is 2.56 bits per heavy atom. The van der Waals surface area contributed by atoms with Crippen LogP contribution in [-0.4, -0.2) is 10.2 Å². The summed E-state index contributed by atoms with van der Waals surface area (Å²) in [5, 5.41) is 1.92. The van der Waals surface area contributed by atoms with Crippen molar-refractivity contribution in [2.75, 3.05) is 5.73 Å². The van der Waals surface area contributed by atoms with E-state index in [0.29, 0.717) is 0 Å². The summed E-state index contributed by atoms with van der Waals surface area (Å²) in [5.41, 5.74) is 8.88. The molecule has 0 unspecified atom stereocenters. The first-order valence-corrected chi connectivity index (χ1v) is 6.95. The number of pyridine rings is 1. The van der Waals surface area contributed by atoms with Gasteiger partial charge in [0.05, 0.1) is 16.4 Å². The highest BCUT2D eigenvalue weighted by atomic mass is 32.2. The minimum atomic E-state index is 0.767. The lowest BCUT2D eigenvalue weighted by molar-refractivity contribution is 0.515. The maximum absolute atomic E-state index is 5.91. The second-order valence-electron chi connectivity index (χ2n) is 4.65. The quantitative estimate of drug-likeness (QED) is 0.851. The zero-order valence-corrected chi connectivity index (χ0v) is 10.9. The van der Waals surface area contributed by atoms with Crippen LogP contribution < -0.4 is 5.73 Å². The molecule has 2 rings (SSSR count). The Morgan fingerprint density at radius 2 is 1.94 bits per heavy atom. The molecule has 1 aliphatic carbocycles. The molecule has 16 heavy (non-hydrogen) atoms. The molecule has 0 saturated heterocycles. The molecule has 1 aromatic rings. The molecular formula is C13H20N2S. The molecule has 0 amide bonds. The van der Waals surface area contributed by atoms with Crippen molar-refractivity contribution in [1.82, 2.24) is 4.98 Å². The maximum Gasteiger partial charge on any atom is 0.0970 e. The van der Waals surface area contributed by atoms with Crippen LogP contribution >= 0.6 is 11.8 Å². The van der Waals surface area contributed by atoms with Crippen LogP contribution in [0.3, 0.4) is 0 Å². The van der Waals surface area contributed by atoms with Crippen LogP contribution in [0.1, 0.15) is 43.4 Å². The third-order valence-electron chi connectivity index (χ3n) is 3.27. The SMILES string of the molecule is Cc1cc(SC2CCCCC2)nc(C)c1N. The fraction of sp³-hybridized carbons (Fsp3) is 0.615. The molecule has 2 nitrogen and oxygen atoms in total. The van der Waals surface area contributed by atoms with Crippen LogP contribution in [0, 0.1) is 13.8 Å². The van der Waals surface area contributed by atoms with E-state index in [2.05, 4.69) is 18.0 Å². The van der Waals surface area contributed by atoms with E-state index in [9.17, 15) is 0 Å². The average molecular weight is 236 g/mol. The number of nitrogen functional groups attached to an aromatic ring is 1. The predicted molar refractivity (Wildman–Crippen MR) is 70.9 cm³/mol. The van der Waals surface area contributed by atoms with Gasteiger partial charge in [-0.05, 0) is 38.3 Å². The largest absolute Gasteiger partial charge is 0.397 e. The van der Waals surface area contributed by atoms with Crippen LogP contribution in [-0.2, 0) is 0 Å². The number of nitrogens with zero attached hydrogens (tertiary/aromatic N) is 1. The highest BCUT2D eigenvalue weighted by Crippen LogP contribution is 2.33. The van der Waals surface area contributed by atoms with Gasteiger partial charge in [-0.25, -0.2) is 4.98 Å². The number of anilines is 1. The van der Waals surface area contributed by atoms with E-state index < -0.39 is 0 Å². The van der Waals surface area contributed by atoms with Gasteiger partial charge in [0.25, 0.3) is 0 Å². The Balaban J connectivity index is 2.09. The van der Waals surface area contributed by atoms with E-state index in [0.717, 1.165) is 27.2 Å². The molecule has 88 valence electrons. The van der Waals surface area contributed by atoms with Gasteiger partial charge in [0.2, 0.25) is 0 Å². The van der Waals surface area contributed by atoms with Crippen LogP contribution in [0.5, 0.6) is 0 Å². The number of aromatic nitrogens is 1. The molecule has 0 atom stereocenters. The molecule has 0 radical (unpaired) electrons. The number of rotatable bonds is 2. The van der Waals surface area contributed by atoms with Crippen LogP contribution in [0.2, 0.25) is 0 Å². The fourth-order valence-corrected chi connectivity index (χ4v) is 3.57. The summed E-state index contributed by atoms with van der Waals surface area (Å²) in [5.74, 6) is 0. The summed E-state index contributed by atoms with van der Waals surface area (Å²) in [7, 11) is 0. The molecule has 1 fully saturated rings. The lowest BCUT2D eigenvalue weighted by Crippen LogP contribution is -2.08. The van der Waals surface area contributed by atoms with E-state index in [1.807, 2.05) is 18.7 Å². The van der Waals surface area contributed by atoms with Crippen molar-refractivity contribution in [3.63, 3.8) is 0 Å². The smallest absolute Gasteiger partial charge is 0.0970 e.